The highest BCUT2D eigenvalue weighted by molar-refractivity contribution is 8.10. The molecule has 4 rings (SSSR count). The summed E-state index contributed by atoms with van der Waals surface area (Å²) in [5, 5.41) is 0.625. The highest BCUT2D eigenvalue weighted by Gasteiger charge is 2.38. The number of furan rings is 1. The minimum atomic E-state index is -4.60. The Balaban J connectivity index is 2.01. The quantitative estimate of drug-likeness (QED) is 0.304. The van der Waals surface area contributed by atoms with Crippen molar-refractivity contribution >= 4 is 48.9 Å². The molecule has 0 aliphatic rings. The summed E-state index contributed by atoms with van der Waals surface area (Å²) >= 11 is 11.8. The van der Waals surface area contributed by atoms with Crippen LogP contribution in [0.25, 0.3) is 11.3 Å². The smallest absolute Gasteiger partial charge is 0.277 e. The summed E-state index contributed by atoms with van der Waals surface area (Å²) in [6, 6.07) is 20.1. The summed E-state index contributed by atoms with van der Waals surface area (Å²) in [5.74, 6) is 0.915. The molecule has 1 heterocycles. The molecular weight excluding hydrogens is 505 g/mol. The summed E-state index contributed by atoms with van der Waals surface area (Å²) in [6.45, 7) is 1.73. The maximum atomic E-state index is 13.8. The first-order valence-corrected chi connectivity index (χ1v) is 13.2. The SMILES string of the molecule is Cc1ccc(-c2ccccc2N(S(=O)(=O)c2ccc(Cl)cc2)S(=O)(=O)c2ccc(Cl)cc2)o1. The number of benzene rings is 3. The normalized spacial score (nSPS) is 12.0. The third-order valence-electron chi connectivity index (χ3n) is 4.77. The Bertz CT molecular complexity index is 1440. The van der Waals surface area contributed by atoms with E-state index in [0.29, 0.717) is 30.8 Å². The standard InChI is InChI=1S/C23H17Cl2NO5S2/c1-16-6-15-23(31-16)21-4-2-3-5-22(21)26(32(27,28)19-11-7-17(24)8-12-19)33(29,30)20-13-9-18(25)10-14-20/h2-15H,1H3. The molecule has 170 valence electrons. The second-order valence-corrected chi connectivity index (χ2v) is 11.7. The lowest BCUT2D eigenvalue weighted by Crippen LogP contribution is -2.37. The van der Waals surface area contributed by atoms with Crippen molar-refractivity contribution in [2.24, 2.45) is 0 Å². The Morgan fingerprint density at radius 2 is 1.15 bits per heavy atom. The molecule has 0 bridgehead atoms. The number of rotatable bonds is 6. The van der Waals surface area contributed by atoms with Gasteiger partial charge in [0.2, 0.25) is 0 Å². The van der Waals surface area contributed by atoms with E-state index in [-0.39, 0.29) is 15.5 Å². The van der Waals surface area contributed by atoms with Crippen LogP contribution in [0.5, 0.6) is 0 Å². The van der Waals surface area contributed by atoms with E-state index in [9.17, 15) is 16.8 Å². The van der Waals surface area contributed by atoms with E-state index in [1.54, 1.807) is 37.3 Å². The first-order chi connectivity index (χ1) is 15.6. The number of aryl methyl sites for hydroxylation is 1. The maximum absolute atomic E-state index is 13.8. The van der Waals surface area contributed by atoms with Crippen LogP contribution in [0.15, 0.2) is 99.1 Å². The Labute approximate surface area is 202 Å². The summed E-state index contributed by atoms with van der Waals surface area (Å²) in [6.07, 6.45) is 0. The number of sulfonamides is 2. The molecule has 0 fully saturated rings. The van der Waals surface area contributed by atoms with Crippen molar-refractivity contribution in [2.75, 3.05) is 3.71 Å². The van der Waals surface area contributed by atoms with Crippen LogP contribution in [0.3, 0.4) is 0 Å². The predicted molar refractivity (Wildman–Crippen MR) is 129 cm³/mol. The molecule has 33 heavy (non-hydrogen) atoms. The highest BCUT2D eigenvalue weighted by Crippen LogP contribution is 2.38. The fourth-order valence-corrected chi connectivity index (χ4v) is 7.19. The zero-order valence-electron chi connectivity index (χ0n) is 17.1. The second kappa shape index (κ2) is 8.87. The van der Waals surface area contributed by atoms with Gasteiger partial charge in [-0.2, -0.15) is 3.71 Å². The molecule has 3 aromatic carbocycles. The third kappa shape index (κ3) is 4.52. The van der Waals surface area contributed by atoms with Gasteiger partial charge in [0.1, 0.15) is 11.5 Å². The fraction of sp³-hybridized carbons (Fsp3) is 0.0435. The Morgan fingerprint density at radius 1 is 0.667 bits per heavy atom. The van der Waals surface area contributed by atoms with Gasteiger partial charge in [0.15, 0.2) is 0 Å². The molecule has 0 unspecified atom stereocenters. The minimum Gasteiger partial charge on any atom is -0.461 e. The van der Waals surface area contributed by atoms with Crippen LogP contribution in [0, 0.1) is 6.92 Å². The zero-order chi connectivity index (χ0) is 23.8. The maximum Gasteiger partial charge on any atom is 0.277 e. The Hall–Kier alpha value is -2.78. The van der Waals surface area contributed by atoms with Gasteiger partial charge in [-0.3, -0.25) is 0 Å². The van der Waals surface area contributed by atoms with Crippen LogP contribution in [0.2, 0.25) is 10.0 Å². The summed E-state index contributed by atoms with van der Waals surface area (Å²) < 4.78 is 61.2. The Morgan fingerprint density at radius 3 is 1.61 bits per heavy atom. The van der Waals surface area contributed by atoms with Crippen LogP contribution in [-0.2, 0) is 20.0 Å². The van der Waals surface area contributed by atoms with Crippen LogP contribution in [-0.4, -0.2) is 16.8 Å². The van der Waals surface area contributed by atoms with Gasteiger partial charge in [-0.25, -0.2) is 16.8 Å². The van der Waals surface area contributed by atoms with Gasteiger partial charge in [0.25, 0.3) is 20.0 Å². The summed E-state index contributed by atoms with van der Waals surface area (Å²) in [7, 11) is -9.20. The lowest BCUT2D eigenvalue weighted by Gasteiger charge is -2.26. The lowest BCUT2D eigenvalue weighted by molar-refractivity contribution is 0.548. The largest absolute Gasteiger partial charge is 0.461 e. The van der Waals surface area contributed by atoms with Gasteiger partial charge in [-0.15, -0.1) is 0 Å². The molecule has 4 aromatic rings. The van der Waals surface area contributed by atoms with E-state index >= 15 is 0 Å². The molecular formula is C23H17Cl2NO5S2. The number of halogens is 2. The monoisotopic (exact) mass is 521 g/mol. The lowest BCUT2D eigenvalue weighted by atomic mass is 10.1. The average Bonchev–Trinajstić information content (AvgIpc) is 3.20. The molecule has 0 saturated carbocycles. The molecule has 0 saturated heterocycles. The van der Waals surface area contributed by atoms with E-state index in [1.165, 1.54) is 54.6 Å². The fourth-order valence-electron chi connectivity index (χ4n) is 3.21. The predicted octanol–water partition coefficient (Wildman–Crippen LogP) is 6.15. The van der Waals surface area contributed by atoms with Crippen LogP contribution < -0.4 is 3.71 Å². The van der Waals surface area contributed by atoms with Crippen LogP contribution >= 0.6 is 23.2 Å². The Kier molecular flexibility index (Phi) is 6.28. The van der Waals surface area contributed by atoms with Gasteiger partial charge >= 0.3 is 0 Å². The average molecular weight is 522 g/mol. The summed E-state index contributed by atoms with van der Waals surface area (Å²) in [5.41, 5.74) is 0.206. The van der Waals surface area contributed by atoms with Crippen LogP contribution in [0.4, 0.5) is 5.69 Å². The van der Waals surface area contributed by atoms with Crippen molar-refractivity contribution in [3.63, 3.8) is 0 Å². The molecule has 0 aliphatic heterocycles. The van der Waals surface area contributed by atoms with Crippen molar-refractivity contribution in [3.8, 4) is 11.3 Å². The zero-order valence-corrected chi connectivity index (χ0v) is 20.3. The van der Waals surface area contributed by atoms with Crippen molar-refractivity contribution in [1.29, 1.82) is 0 Å². The van der Waals surface area contributed by atoms with E-state index < -0.39 is 20.0 Å². The van der Waals surface area contributed by atoms with Crippen molar-refractivity contribution in [3.05, 3.63) is 101 Å². The van der Waals surface area contributed by atoms with Crippen LogP contribution in [0.1, 0.15) is 5.76 Å². The first-order valence-electron chi connectivity index (χ1n) is 9.58. The second-order valence-electron chi connectivity index (χ2n) is 7.04. The molecule has 0 radical (unpaired) electrons. The number of nitrogens with zero attached hydrogens (tertiary/aromatic N) is 1. The van der Waals surface area contributed by atoms with Gasteiger partial charge in [-0.1, -0.05) is 35.3 Å². The molecule has 6 nitrogen and oxygen atoms in total. The molecule has 0 N–H and O–H groups in total. The topological polar surface area (TPSA) is 84.7 Å². The molecule has 0 atom stereocenters. The highest BCUT2D eigenvalue weighted by atomic mass is 35.5. The minimum absolute atomic E-state index is 0.0863. The number of anilines is 1. The molecule has 10 heteroatoms. The number of hydrogen-bond donors (Lipinski definition) is 0. The van der Waals surface area contributed by atoms with Gasteiger partial charge in [0, 0.05) is 15.6 Å². The van der Waals surface area contributed by atoms with Crippen molar-refractivity contribution < 1.29 is 21.3 Å². The van der Waals surface area contributed by atoms with Gasteiger partial charge < -0.3 is 4.42 Å². The molecule has 0 amide bonds. The number of para-hydroxylation sites is 1. The molecule has 1 aromatic heterocycles. The summed E-state index contributed by atoms with van der Waals surface area (Å²) in [4.78, 5) is -0.482. The third-order valence-corrected chi connectivity index (χ3v) is 9.45. The van der Waals surface area contributed by atoms with Gasteiger partial charge in [0.05, 0.1) is 15.5 Å². The van der Waals surface area contributed by atoms with E-state index in [2.05, 4.69) is 0 Å². The van der Waals surface area contributed by atoms with Gasteiger partial charge in [-0.05, 0) is 79.7 Å². The van der Waals surface area contributed by atoms with E-state index in [0.717, 1.165) is 0 Å². The molecule has 0 aliphatic carbocycles. The number of hydrogen-bond acceptors (Lipinski definition) is 5. The van der Waals surface area contributed by atoms with E-state index in [4.69, 9.17) is 27.6 Å². The van der Waals surface area contributed by atoms with Crippen molar-refractivity contribution in [2.45, 2.75) is 16.7 Å². The first kappa shape index (κ1) is 23.4. The van der Waals surface area contributed by atoms with E-state index in [1.807, 2.05) is 0 Å². The molecule has 0 spiro atoms. The van der Waals surface area contributed by atoms with Crippen molar-refractivity contribution in [1.82, 2.24) is 0 Å².